The molecule has 1 saturated heterocycles. The van der Waals surface area contributed by atoms with Gasteiger partial charge in [-0.05, 0) is 47.5 Å². The Bertz CT molecular complexity index is 1350. The summed E-state index contributed by atoms with van der Waals surface area (Å²) in [7, 11) is 1.81. The van der Waals surface area contributed by atoms with Crippen LogP contribution in [0.25, 0.3) is 11.1 Å². The lowest BCUT2D eigenvalue weighted by Crippen LogP contribution is -2.59. The molecule has 9 nitrogen and oxygen atoms in total. The zero-order valence-corrected chi connectivity index (χ0v) is 18.5. The van der Waals surface area contributed by atoms with Crippen LogP contribution in [0.1, 0.15) is 20.8 Å². The first-order valence-corrected chi connectivity index (χ1v) is 11.1. The maximum atomic E-state index is 13.5. The van der Waals surface area contributed by atoms with Crippen LogP contribution in [0, 0.1) is 0 Å². The van der Waals surface area contributed by atoms with Crippen molar-refractivity contribution in [3.63, 3.8) is 0 Å². The Balaban J connectivity index is 1.29. The lowest BCUT2D eigenvalue weighted by atomic mass is 10.0. The molecule has 0 bridgehead atoms. The van der Waals surface area contributed by atoms with Crippen LogP contribution in [0.3, 0.4) is 0 Å². The van der Waals surface area contributed by atoms with Crippen LogP contribution in [-0.2, 0) is 11.8 Å². The fraction of sp³-hybridized carbons (Fsp3) is 0.240. The predicted octanol–water partition coefficient (Wildman–Crippen LogP) is 2.34. The van der Waals surface area contributed by atoms with Gasteiger partial charge in [0.1, 0.15) is 11.7 Å². The minimum absolute atomic E-state index is 0.143. The first kappa shape index (κ1) is 20.3. The molecule has 4 heterocycles. The van der Waals surface area contributed by atoms with Crippen LogP contribution >= 0.6 is 0 Å². The smallest absolute Gasteiger partial charge is 0.270 e. The molecular weight excluding hydrogens is 436 g/mol. The molecule has 0 saturated carbocycles. The molecule has 1 atom stereocenters. The van der Waals surface area contributed by atoms with Gasteiger partial charge < -0.3 is 29.2 Å². The van der Waals surface area contributed by atoms with E-state index in [9.17, 15) is 14.4 Å². The fourth-order valence-electron chi connectivity index (χ4n) is 4.74. The lowest BCUT2D eigenvalue weighted by molar-refractivity contribution is -0.121. The van der Waals surface area contributed by atoms with Gasteiger partial charge in [0, 0.05) is 26.3 Å². The normalized spacial score (nSPS) is 18.8. The van der Waals surface area contributed by atoms with Gasteiger partial charge in [0.25, 0.3) is 11.8 Å². The highest BCUT2D eigenvalue weighted by atomic mass is 16.7. The Hall–Kier alpha value is -4.27. The molecule has 3 aliphatic rings. The molecule has 0 radical (unpaired) electrons. The standard InChI is InChI=1S/C25H22N4O5/c1-27-8-2-3-19(27)25(32)28-9-10-29-20(13-28)23(30)26-18-6-4-15(11-17(18)24(29)31)16-5-7-21-22(12-16)34-14-33-21/h2-8,11-12,20H,9-10,13-14H2,1H3,(H,26,30)/t20-/m0/s1. The third-order valence-corrected chi connectivity index (χ3v) is 6.61. The number of amides is 3. The Morgan fingerprint density at radius 2 is 1.79 bits per heavy atom. The minimum Gasteiger partial charge on any atom is -0.454 e. The number of hydrogen-bond acceptors (Lipinski definition) is 5. The summed E-state index contributed by atoms with van der Waals surface area (Å²) in [5, 5.41) is 2.89. The third-order valence-electron chi connectivity index (χ3n) is 6.61. The first-order chi connectivity index (χ1) is 16.5. The maximum Gasteiger partial charge on any atom is 0.270 e. The Labute approximate surface area is 195 Å². The number of anilines is 1. The average molecular weight is 458 g/mol. The molecule has 3 aliphatic heterocycles. The number of carbonyl (C=O) groups is 3. The van der Waals surface area contributed by atoms with Gasteiger partial charge in [-0.3, -0.25) is 14.4 Å². The van der Waals surface area contributed by atoms with E-state index in [-0.39, 0.29) is 37.6 Å². The van der Waals surface area contributed by atoms with Gasteiger partial charge in [-0.2, -0.15) is 0 Å². The average Bonchev–Trinajstić information content (AvgIpc) is 3.49. The largest absolute Gasteiger partial charge is 0.454 e. The highest BCUT2D eigenvalue weighted by Crippen LogP contribution is 2.37. The van der Waals surface area contributed by atoms with Crippen LogP contribution in [0.5, 0.6) is 11.5 Å². The molecule has 6 rings (SSSR count). The lowest BCUT2D eigenvalue weighted by Gasteiger charge is -2.39. The van der Waals surface area contributed by atoms with Crippen molar-refractivity contribution in [1.29, 1.82) is 0 Å². The van der Waals surface area contributed by atoms with Crippen LogP contribution in [-0.4, -0.2) is 64.6 Å². The maximum absolute atomic E-state index is 13.5. The van der Waals surface area contributed by atoms with Crippen LogP contribution in [0.2, 0.25) is 0 Å². The van der Waals surface area contributed by atoms with E-state index in [4.69, 9.17) is 9.47 Å². The van der Waals surface area contributed by atoms with Gasteiger partial charge in [0.15, 0.2) is 11.5 Å². The molecule has 2 aromatic carbocycles. The van der Waals surface area contributed by atoms with E-state index in [0.717, 1.165) is 11.1 Å². The quantitative estimate of drug-likeness (QED) is 0.636. The van der Waals surface area contributed by atoms with Crippen molar-refractivity contribution in [2.75, 3.05) is 31.7 Å². The van der Waals surface area contributed by atoms with Crippen molar-refractivity contribution in [3.05, 3.63) is 66.0 Å². The molecule has 1 aromatic heterocycles. The van der Waals surface area contributed by atoms with Crippen molar-refractivity contribution in [2.24, 2.45) is 7.05 Å². The number of carbonyl (C=O) groups excluding carboxylic acids is 3. The second-order valence-corrected chi connectivity index (χ2v) is 8.59. The Morgan fingerprint density at radius 3 is 2.62 bits per heavy atom. The summed E-state index contributed by atoms with van der Waals surface area (Å²) < 4.78 is 12.6. The molecule has 1 fully saturated rings. The topological polar surface area (TPSA) is 93.1 Å². The number of benzene rings is 2. The summed E-state index contributed by atoms with van der Waals surface area (Å²) in [5.41, 5.74) is 3.15. The summed E-state index contributed by atoms with van der Waals surface area (Å²) >= 11 is 0. The highest BCUT2D eigenvalue weighted by molar-refractivity contribution is 6.11. The summed E-state index contributed by atoms with van der Waals surface area (Å²) in [6, 6.07) is 13.8. The number of ether oxygens (including phenoxy) is 2. The van der Waals surface area contributed by atoms with Crippen molar-refractivity contribution in [2.45, 2.75) is 6.04 Å². The number of hydrogen-bond donors (Lipinski definition) is 1. The van der Waals surface area contributed by atoms with Gasteiger partial charge in [0.2, 0.25) is 12.7 Å². The fourth-order valence-corrected chi connectivity index (χ4v) is 4.74. The summed E-state index contributed by atoms with van der Waals surface area (Å²) in [5.74, 6) is 0.664. The zero-order valence-electron chi connectivity index (χ0n) is 18.5. The molecule has 172 valence electrons. The number of aryl methyl sites for hydroxylation is 1. The van der Waals surface area contributed by atoms with Crippen molar-refractivity contribution < 1.29 is 23.9 Å². The SMILES string of the molecule is Cn1cccc1C(=O)N1CCN2C(=O)c3cc(-c4ccc5c(c4)OCO5)ccc3NC(=O)[C@@H]2C1. The number of rotatable bonds is 2. The first-order valence-electron chi connectivity index (χ1n) is 11.1. The van der Waals surface area contributed by atoms with Crippen LogP contribution in [0.15, 0.2) is 54.7 Å². The van der Waals surface area contributed by atoms with E-state index in [2.05, 4.69) is 5.32 Å². The molecule has 0 aliphatic carbocycles. The van der Waals surface area contributed by atoms with Crippen LogP contribution < -0.4 is 14.8 Å². The number of nitrogens with one attached hydrogen (secondary N) is 1. The molecule has 34 heavy (non-hydrogen) atoms. The molecule has 3 aromatic rings. The number of piperazine rings is 1. The van der Waals surface area contributed by atoms with Gasteiger partial charge in [-0.25, -0.2) is 0 Å². The van der Waals surface area contributed by atoms with Gasteiger partial charge in [0.05, 0.1) is 17.8 Å². The van der Waals surface area contributed by atoms with E-state index in [0.29, 0.717) is 35.0 Å². The van der Waals surface area contributed by atoms with Gasteiger partial charge >= 0.3 is 0 Å². The van der Waals surface area contributed by atoms with Gasteiger partial charge in [-0.1, -0.05) is 12.1 Å². The molecule has 1 N–H and O–H groups in total. The summed E-state index contributed by atoms with van der Waals surface area (Å²) in [6.07, 6.45) is 1.81. The predicted molar refractivity (Wildman–Crippen MR) is 123 cm³/mol. The number of aromatic nitrogens is 1. The van der Waals surface area contributed by atoms with Crippen molar-refractivity contribution in [3.8, 4) is 22.6 Å². The van der Waals surface area contributed by atoms with E-state index in [1.165, 1.54) is 0 Å². The van der Waals surface area contributed by atoms with Crippen LogP contribution in [0.4, 0.5) is 5.69 Å². The van der Waals surface area contributed by atoms with E-state index in [1.807, 2.05) is 24.3 Å². The van der Waals surface area contributed by atoms with Crippen molar-refractivity contribution >= 4 is 23.4 Å². The molecule has 3 amide bonds. The molecular formula is C25H22N4O5. The second kappa shape index (κ2) is 7.65. The van der Waals surface area contributed by atoms with E-state index in [1.54, 1.807) is 51.9 Å². The summed E-state index contributed by atoms with van der Waals surface area (Å²) in [4.78, 5) is 42.8. The van der Waals surface area contributed by atoms with E-state index >= 15 is 0 Å². The Kier molecular flexibility index (Phi) is 4.58. The molecule has 0 spiro atoms. The second-order valence-electron chi connectivity index (χ2n) is 8.59. The van der Waals surface area contributed by atoms with Crippen molar-refractivity contribution in [1.82, 2.24) is 14.4 Å². The van der Waals surface area contributed by atoms with Gasteiger partial charge in [-0.15, -0.1) is 0 Å². The molecule has 0 unspecified atom stereocenters. The third kappa shape index (κ3) is 3.20. The number of nitrogens with zero attached hydrogens (tertiary/aromatic N) is 3. The minimum atomic E-state index is -0.758. The monoisotopic (exact) mass is 458 g/mol. The summed E-state index contributed by atoms with van der Waals surface area (Å²) in [6.45, 7) is 0.968. The zero-order chi connectivity index (χ0) is 23.4. The Morgan fingerprint density at radius 1 is 1.00 bits per heavy atom. The highest BCUT2D eigenvalue weighted by Gasteiger charge is 2.40. The van der Waals surface area contributed by atoms with E-state index < -0.39 is 6.04 Å². The molecule has 9 heteroatoms. The number of fused-ring (bicyclic) bond motifs is 3.